The Morgan fingerprint density at radius 1 is 1.32 bits per heavy atom. The molecule has 0 saturated heterocycles. The summed E-state index contributed by atoms with van der Waals surface area (Å²) in [5.74, 6) is 1.26. The Bertz CT molecular complexity index is 880. The average Bonchev–Trinajstić information content (AvgIpc) is 2.73. The van der Waals surface area contributed by atoms with Gasteiger partial charge in [-0.2, -0.15) is 5.26 Å². The number of hydrogen-bond acceptors (Lipinski definition) is 3. The van der Waals surface area contributed by atoms with Crippen LogP contribution < -0.4 is 4.74 Å². The highest BCUT2D eigenvalue weighted by atomic mass is 16.5. The predicted octanol–water partition coefficient (Wildman–Crippen LogP) is 4.59. The van der Waals surface area contributed by atoms with Crippen LogP contribution in [0.4, 0.5) is 0 Å². The zero-order valence-electron chi connectivity index (χ0n) is 16.4. The number of nitriles is 1. The minimum Gasteiger partial charge on any atom is -0.497 e. The molecule has 28 heavy (non-hydrogen) atoms. The Labute approximate surface area is 167 Å². The summed E-state index contributed by atoms with van der Waals surface area (Å²) in [7, 11) is 1.68. The molecule has 1 unspecified atom stereocenters. The Morgan fingerprint density at radius 2 is 2.11 bits per heavy atom. The highest BCUT2D eigenvalue weighted by molar-refractivity contribution is 5.77. The quantitative estimate of drug-likeness (QED) is 0.666. The van der Waals surface area contributed by atoms with Gasteiger partial charge in [-0.25, -0.2) is 0 Å². The van der Waals surface area contributed by atoms with Crippen LogP contribution in [0.2, 0.25) is 0 Å². The fourth-order valence-electron chi connectivity index (χ4n) is 3.89. The van der Waals surface area contributed by atoms with E-state index in [2.05, 4.69) is 24.8 Å². The summed E-state index contributed by atoms with van der Waals surface area (Å²) in [5, 5.41) is 8.94. The summed E-state index contributed by atoms with van der Waals surface area (Å²) < 4.78 is 5.34. The van der Waals surface area contributed by atoms with Gasteiger partial charge in [0.05, 0.1) is 18.7 Å². The van der Waals surface area contributed by atoms with Crippen LogP contribution in [0.1, 0.15) is 47.4 Å². The number of benzene rings is 2. The number of amides is 1. The van der Waals surface area contributed by atoms with Crippen molar-refractivity contribution in [2.75, 3.05) is 13.7 Å². The van der Waals surface area contributed by atoms with E-state index in [0.717, 1.165) is 30.6 Å². The maximum Gasteiger partial charge on any atom is 0.223 e. The molecule has 1 aliphatic carbocycles. The van der Waals surface area contributed by atoms with Gasteiger partial charge in [-0.15, -0.1) is 6.58 Å². The third-order valence-corrected chi connectivity index (χ3v) is 5.37. The molecule has 0 bridgehead atoms. The van der Waals surface area contributed by atoms with Crippen molar-refractivity contribution in [2.45, 2.75) is 38.1 Å². The number of methoxy groups -OCH3 is 1. The molecule has 0 spiro atoms. The Morgan fingerprint density at radius 3 is 2.79 bits per heavy atom. The molecule has 0 aliphatic heterocycles. The summed E-state index contributed by atoms with van der Waals surface area (Å²) in [5.41, 5.74) is 4.21. The molecule has 3 rings (SSSR count). The standard InChI is InChI=1S/C24H26N2O2/c1-3-13-26(17-19-9-7-18(16-25)8-10-19)24(27)15-21-6-4-5-20-14-22(28-2)11-12-23(20)21/h3,7-12,14,21H,1,4-6,13,15,17H2,2H3. The first-order chi connectivity index (χ1) is 13.6. The smallest absolute Gasteiger partial charge is 0.223 e. The molecule has 4 nitrogen and oxygen atoms in total. The lowest BCUT2D eigenvalue weighted by atomic mass is 9.80. The molecule has 4 heteroatoms. The first-order valence-corrected chi connectivity index (χ1v) is 9.69. The average molecular weight is 374 g/mol. The van der Waals surface area contributed by atoms with Crippen molar-refractivity contribution in [2.24, 2.45) is 0 Å². The van der Waals surface area contributed by atoms with Gasteiger partial charge in [-0.3, -0.25) is 4.79 Å². The number of ether oxygens (including phenoxy) is 1. The summed E-state index contributed by atoms with van der Waals surface area (Å²) in [6.45, 7) is 4.84. The third-order valence-electron chi connectivity index (χ3n) is 5.37. The molecular formula is C24H26N2O2. The van der Waals surface area contributed by atoms with Crippen molar-refractivity contribution in [3.8, 4) is 11.8 Å². The molecule has 144 valence electrons. The van der Waals surface area contributed by atoms with Crippen molar-refractivity contribution in [3.05, 3.63) is 77.4 Å². The van der Waals surface area contributed by atoms with Crippen LogP contribution in [0.25, 0.3) is 0 Å². The second-order valence-corrected chi connectivity index (χ2v) is 7.23. The van der Waals surface area contributed by atoms with Gasteiger partial charge in [0, 0.05) is 19.5 Å². The molecule has 2 aromatic rings. The molecule has 1 amide bonds. The Hall–Kier alpha value is -3.06. The number of carbonyl (C=O) groups is 1. The topological polar surface area (TPSA) is 53.3 Å². The van der Waals surface area contributed by atoms with E-state index >= 15 is 0 Å². The normalized spacial score (nSPS) is 15.2. The van der Waals surface area contributed by atoms with Gasteiger partial charge < -0.3 is 9.64 Å². The van der Waals surface area contributed by atoms with Crippen molar-refractivity contribution in [1.29, 1.82) is 5.26 Å². The summed E-state index contributed by atoms with van der Waals surface area (Å²) in [4.78, 5) is 14.9. The SMILES string of the molecule is C=CCN(Cc1ccc(C#N)cc1)C(=O)CC1CCCc2cc(OC)ccc21. The minimum absolute atomic E-state index is 0.137. The highest BCUT2D eigenvalue weighted by Gasteiger charge is 2.25. The molecule has 0 radical (unpaired) electrons. The lowest BCUT2D eigenvalue weighted by molar-refractivity contribution is -0.131. The van der Waals surface area contributed by atoms with Gasteiger partial charge >= 0.3 is 0 Å². The minimum atomic E-state index is 0.137. The van der Waals surface area contributed by atoms with Crippen LogP contribution in [0.5, 0.6) is 5.75 Å². The fraction of sp³-hybridized carbons (Fsp3) is 0.333. The van der Waals surface area contributed by atoms with Crippen molar-refractivity contribution in [3.63, 3.8) is 0 Å². The van der Waals surface area contributed by atoms with E-state index in [1.54, 1.807) is 25.3 Å². The third kappa shape index (κ3) is 4.61. The maximum absolute atomic E-state index is 13.1. The van der Waals surface area contributed by atoms with Crippen molar-refractivity contribution >= 4 is 5.91 Å². The largest absolute Gasteiger partial charge is 0.497 e. The van der Waals surface area contributed by atoms with Crippen molar-refractivity contribution < 1.29 is 9.53 Å². The van der Waals surface area contributed by atoms with Gasteiger partial charge in [0.1, 0.15) is 5.75 Å². The van der Waals surface area contributed by atoms with Crippen LogP contribution in [-0.2, 0) is 17.8 Å². The van der Waals surface area contributed by atoms with Crippen molar-refractivity contribution in [1.82, 2.24) is 4.90 Å². The number of carbonyl (C=O) groups excluding carboxylic acids is 1. The number of rotatable bonds is 7. The van der Waals surface area contributed by atoms with E-state index in [0.29, 0.717) is 25.1 Å². The molecule has 0 aromatic heterocycles. The second kappa shape index (κ2) is 9.23. The summed E-state index contributed by atoms with van der Waals surface area (Å²) >= 11 is 0. The van der Waals surface area contributed by atoms with E-state index in [-0.39, 0.29) is 11.8 Å². The molecule has 2 aromatic carbocycles. The molecule has 1 atom stereocenters. The van der Waals surface area contributed by atoms with E-state index in [9.17, 15) is 4.79 Å². The van der Waals surface area contributed by atoms with E-state index in [1.807, 2.05) is 23.1 Å². The zero-order valence-corrected chi connectivity index (χ0v) is 16.4. The number of fused-ring (bicyclic) bond motifs is 1. The summed E-state index contributed by atoms with van der Waals surface area (Å²) in [6, 6.07) is 15.7. The van der Waals surface area contributed by atoms with E-state index < -0.39 is 0 Å². The number of hydrogen-bond donors (Lipinski definition) is 0. The maximum atomic E-state index is 13.1. The van der Waals surface area contributed by atoms with Gasteiger partial charge in [-0.05, 0) is 66.1 Å². The summed E-state index contributed by atoms with van der Waals surface area (Å²) in [6.07, 6.45) is 5.43. The lowest BCUT2D eigenvalue weighted by Crippen LogP contribution is -2.32. The van der Waals surface area contributed by atoms with Crippen LogP contribution in [0, 0.1) is 11.3 Å². The molecule has 0 saturated carbocycles. The van der Waals surface area contributed by atoms with Gasteiger partial charge in [0.25, 0.3) is 0 Å². The first-order valence-electron chi connectivity index (χ1n) is 9.69. The van der Waals surface area contributed by atoms with E-state index in [1.165, 1.54) is 11.1 Å². The molecule has 0 N–H and O–H groups in total. The fourth-order valence-corrected chi connectivity index (χ4v) is 3.89. The van der Waals surface area contributed by atoms with Gasteiger partial charge in [-0.1, -0.05) is 24.3 Å². The monoisotopic (exact) mass is 374 g/mol. The number of aryl methyl sites for hydroxylation is 1. The lowest BCUT2D eigenvalue weighted by Gasteiger charge is -2.28. The zero-order chi connectivity index (χ0) is 19.9. The van der Waals surface area contributed by atoms with E-state index in [4.69, 9.17) is 10.00 Å². The predicted molar refractivity (Wildman–Crippen MR) is 110 cm³/mol. The first kappa shape index (κ1) is 19.7. The van der Waals surface area contributed by atoms with Crippen LogP contribution in [0.3, 0.4) is 0 Å². The van der Waals surface area contributed by atoms with Crippen LogP contribution >= 0.6 is 0 Å². The molecular weight excluding hydrogens is 348 g/mol. The molecule has 0 fully saturated rings. The van der Waals surface area contributed by atoms with Crippen LogP contribution in [0.15, 0.2) is 55.1 Å². The van der Waals surface area contributed by atoms with Gasteiger partial charge in [0.2, 0.25) is 5.91 Å². The highest BCUT2D eigenvalue weighted by Crippen LogP contribution is 2.36. The molecule has 1 aliphatic rings. The van der Waals surface area contributed by atoms with Gasteiger partial charge in [0.15, 0.2) is 0 Å². The Balaban J connectivity index is 1.72. The van der Waals surface area contributed by atoms with Crippen LogP contribution in [-0.4, -0.2) is 24.5 Å². The Kier molecular flexibility index (Phi) is 6.49. The number of nitrogens with zero attached hydrogens (tertiary/aromatic N) is 2. The second-order valence-electron chi connectivity index (χ2n) is 7.23. The molecule has 0 heterocycles.